The van der Waals surface area contributed by atoms with Crippen LogP contribution in [0.1, 0.15) is 45.1 Å². The lowest BCUT2D eigenvalue weighted by Gasteiger charge is -2.33. The van der Waals surface area contributed by atoms with Gasteiger partial charge in [0.25, 0.3) is 0 Å². The zero-order valence-corrected chi connectivity index (χ0v) is 11.5. The van der Waals surface area contributed by atoms with Crippen LogP contribution in [0.2, 0.25) is 5.02 Å². The van der Waals surface area contributed by atoms with Crippen molar-refractivity contribution in [3.05, 3.63) is 40.9 Å². The van der Waals surface area contributed by atoms with Crippen molar-refractivity contribution in [3.8, 4) is 0 Å². The van der Waals surface area contributed by atoms with E-state index in [1.54, 1.807) is 0 Å². The first kappa shape index (κ1) is 12.7. The van der Waals surface area contributed by atoms with Crippen molar-refractivity contribution in [2.75, 3.05) is 0 Å². The van der Waals surface area contributed by atoms with Gasteiger partial charge in [0.2, 0.25) is 0 Å². The van der Waals surface area contributed by atoms with E-state index in [0.29, 0.717) is 5.41 Å². The number of allylic oxidation sites excluding steroid dienone is 1. The summed E-state index contributed by atoms with van der Waals surface area (Å²) in [5, 5.41) is 0.814. The molecular weight excluding hydrogens is 228 g/mol. The van der Waals surface area contributed by atoms with Gasteiger partial charge in [-0.1, -0.05) is 49.7 Å². The SMILES string of the molecule is CC1CCC(C)(/C=C/c2cccc(Cl)c2)CC1. The van der Waals surface area contributed by atoms with Gasteiger partial charge in [-0.05, 0) is 54.7 Å². The maximum absolute atomic E-state index is 5.99. The minimum atomic E-state index is 0.384. The number of rotatable bonds is 2. The lowest BCUT2D eigenvalue weighted by Crippen LogP contribution is -2.20. The molecule has 1 aromatic rings. The van der Waals surface area contributed by atoms with Crippen LogP contribution in [0.15, 0.2) is 30.3 Å². The summed E-state index contributed by atoms with van der Waals surface area (Å²) in [4.78, 5) is 0. The van der Waals surface area contributed by atoms with Crippen LogP contribution in [-0.2, 0) is 0 Å². The van der Waals surface area contributed by atoms with Crippen molar-refractivity contribution in [1.82, 2.24) is 0 Å². The first-order valence-corrected chi connectivity index (χ1v) is 6.90. The summed E-state index contributed by atoms with van der Waals surface area (Å²) in [7, 11) is 0. The third kappa shape index (κ3) is 3.61. The van der Waals surface area contributed by atoms with Gasteiger partial charge in [-0.15, -0.1) is 0 Å². The molecule has 0 N–H and O–H groups in total. The van der Waals surface area contributed by atoms with Crippen molar-refractivity contribution in [3.63, 3.8) is 0 Å². The van der Waals surface area contributed by atoms with E-state index < -0.39 is 0 Å². The van der Waals surface area contributed by atoms with Gasteiger partial charge in [0.15, 0.2) is 0 Å². The highest BCUT2D eigenvalue weighted by Gasteiger charge is 2.26. The average Bonchev–Trinajstić information content (AvgIpc) is 2.31. The number of benzene rings is 1. The molecule has 92 valence electrons. The normalized spacial score (nSPS) is 29.7. The summed E-state index contributed by atoms with van der Waals surface area (Å²) < 4.78 is 0. The number of halogens is 1. The maximum atomic E-state index is 5.99. The molecule has 0 nitrogen and oxygen atoms in total. The molecule has 2 rings (SSSR count). The molecule has 1 aliphatic rings. The predicted octanol–water partition coefficient (Wildman–Crippen LogP) is 5.57. The second-order valence-corrected chi connectivity index (χ2v) is 6.16. The zero-order valence-electron chi connectivity index (χ0n) is 10.7. The van der Waals surface area contributed by atoms with E-state index in [-0.39, 0.29) is 0 Å². The molecular formula is C16H21Cl. The predicted molar refractivity (Wildman–Crippen MR) is 76.2 cm³/mol. The van der Waals surface area contributed by atoms with E-state index in [4.69, 9.17) is 11.6 Å². The summed E-state index contributed by atoms with van der Waals surface area (Å²) in [6.45, 7) is 4.74. The molecule has 17 heavy (non-hydrogen) atoms. The molecule has 0 saturated heterocycles. The standard InChI is InChI=1S/C16H21Cl/c1-13-6-9-16(2,10-7-13)11-8-14-4-3-5-15(17)12-14/h3-5,8,11-13H,6-7,9-10H2,1-2H3/b11-8+. The first-order valence-electron chi connectivity index (χ1n) is 6.52. The topological polar surface area (TPSA) is 0 Å². The van der Waals surface area contributed by atoms with Gasteiger partial charge in [-0.25, -0.2) is 0 Å². The Morgan fingerprint density at radius 1 is 1.29 bits per heavy atom. The van der Waals surface area contributed by atoms with Gasteiger partial charge in [-0.3, -0.25) is 0 Å². The molecule has 0 aromatic heterocycles. The van der Waals surface area contributed by atoms with Crippen LogP contribution >= 0.6 is 11.6 Å². The molecule has 0 aliphatic heterocycles. The summed E-state index contributed by atoms with van der Waals surface area (Å²) >= 11 is 5.99. The Morgan fingerprint density at radius 2 is 2.00 bits per heavy atom. The van der Waals surface area contributed by atoms with Crippen LogP contribution in [-0.4, -0.2) is 0 Å². The molecule has 1 aliphatic carbocycles. The Labute approximate surface area is 110 Å². The van der Waals surface area contributed by atoms with Crippen LogP contribution in [0.4, 0.5) is 0 Å². The average molecular weight is 249 g/mol. The van der Waals surface area contributed by atoms with E-state index >= 15 is 0 Å². The number of hydrogen-bond acceptors (Lipinski definition) is 0. The summed E-state index contributed by atoms with van der Waals surface area (Å²) in [5.41, 5.74) is 1.59. The smallest absolute Gasteiger partial charge is 0.0411 e. The first-order chi connectivity index (χ1) is 8.07. The lowest BCUT2D eigenvalue weighted by molar-refractivity contribution is 0.234. The van der Waals surface area contributed by atoms with Crippen molar-refractivity contribution < 1.29 is 0 Å². The van der Waals surface area contributed by atoms with Crippen molar-refractivity contribution in [2.24, 2.45) is 11.3 Å². The highest BCUT2D eigenvalue weighted by Crippen LogP contribution is 2.39. The fourth-order valence-electron chi connectivity index (χ4n) is 2.50. The molecule has 0 atom stereocenters. The molecule has 0 radical (unpaired) electrons. The van der Waals surface area contributed by atoms with Crippen molar-refractivity contribution >= 4 is 17.7 Å². The number of hydrogen-bond donors (Lipinski definition) is 0. The highest BCUT2D eigenvalue weighted by molar-refractivity contribution is 6.30. The second-order valence-electron chi connectivity index (χ2n) is 5.72. The third-order valence-electron chi connectivity index (χ3n) is 3.94. The largest absolute Gasteiger partial charge is 0.0843 e. The minimum absolute atomic E-state index is 0.384. The van der Waals surface area contributed by atoms with Crippen molar-refractivity contribution in [1.29, 1.82) is 0 Å². The molecule has 0 amide bonds. The van der Waals surface area contributed by atoms with Gasteiger partial charge >= 0.3 is 0 Å². The van der Waals surface area contributed by atoms with Crippen LogP contribution in [0.5, 0.6) is 0 Å². The van der Waals surface area contributed by atoms with E-state index in [2.05, 4.69) is 32.1 Å². The quantitative estimate of drug-likeness (QED) is 0.642. The molecule has 1 saturated carbocycles. The van der Waals surface area contributed by atoms with Crippen molar-refractivity contribution in [2.45, 2.75) is 39.5 Å². The fraction of sp³-hybridized carbons (Fsp3) is 0.500. The van der Waals surface area contributed by atoms with Crippen LogP contribution < -0.4 is 0 Å². The van der Waals surface area contributed by atoms with Crippen LogP contribution in [0.3, 0.4) is 0 Å². The van der Waals surface area contributed by atoms with Gasteiger partial charge in [0, 0.05) is 5.02 Å². The highest BCUT2D eigenvalue weighted by atomic mass is 35.5. The molecule has 1 heteroatoms. The Hall–Kier alpha value is -0.750. The third-order valence-corrected chi connectivity index (χ3v) is 4.18. The summed E-state index contributed by atoms with van der Waals surface area (Å²) in [5.74, 6) is 0.905. The van der Waals surface area contributed by atoms with Crippen LogP contribution in [0.25, 0.3) is 6.08 Å². The molecule has 0 spiro atoms. The van der Waals surface area contributed by atoms with Crippen LogP contribution in [0, 0.1) is 11.3 Å². The molecule has 0 bridgehead atoms. The molecule has 1 fully saturated rings. The second kappa shape index (κ2) is 5.27. The van der Waals surface area contributed by atoms with E-state index in [9.17, 15) is 0 Å². The molecule has 0 heterocycles. The van der Waals surface area contributed by atoms with E-state index in [1.165, 1.54) is 31.2 Å². The Bertz CT molecular complexity index is 398. The van der Waals surface area contributed by atoms with Gasteiger partial charge < -0.3 is 0 Å². The monoisotopic (exact) mass is 248 g/mol. The van der Waals surface area contributed by atoms with Gasteiger partial charge in [0.05, 0.1) is 0 Å². The van der Waals surface area contributed by atoms with Gasteiger partial charge in [0.1, 0.15) is 0 Å². The van der Waals surface area contributed by atoms with Gasteiger partial charge in [-0.2, -0.15) is 0 Å². The Morgan fingerprint density at radius 3 is 2.65 bits per heavy atom. The lowest BCUT2D eigenvalue weighted by atomic mass is 9.72. The molecule has 1 aromatic carbocycles. The Kier molecular flexibility index (Phi) is 3.93. The fourth-order valence-corrected chi connectivity index (χ4v) is 2.69. The van der Waals surface area contributed by atoms with E-state index in [1.807, 2.05) is 18.2 Å². The minimum Gasteiger partial charge on any atom is -0.0843 e. The Balaban J connectivity index is 2.05. The zero-order chi connectivity index (χ0) is 12.3. The summed E-state index contributed by atoms with van der Waals surface area (Å²) in [6, 6.07) is 8.06. The maximum Gasteiger partial charge on any atom is 0.0411 e. The summed E-state index contributed by atoms with van der Waals surface area (Å²) in [6.07, 6.45) is 9.94. The molecule has 0 unspecified atom stereocenters. The van der Waals surface area contributed by atoms with E-state index in [0.717, 1.165) is 10.9 Å².